The second-order valence-electron chi connectivity index (χ2n) is 6.89. The Bertz CT molecular complexity index is 1300. The van der Waals surface area contributed by atoms with Crippen LogP contribution in [0.5, 0.6) is 11.5 Å². The van der Waals surface area contributed by atoms with Crippen LogP contribution in [0.15, 0.2) is 60.7 Å². The van der Waals surface area contributed by atoms with Gasteiger partial charge < -0.3 is 14.5 Å². The maximum atomic E-state index is 6.45. The van der Waals surface area contributed by atoms with Crippen molar-refractivity contribution in [2.75, 3.05) is 14.2 Å². The maximum absolute atomic E-state index is 6.45. The summed E-state index contributed by atoms with van der Waals surface area (Å²) in [5.74, 6) is 1.81. The zero-order valence-electron chi connectivity index (χ0n) is 16.8. The molecule has 7 heteroatoms. The number of thiazole rings is 1. The highest BCUT2D eigenvalue weighted by atomic mass is 35.5. The molecular formula is C24H18ClN3O2S. The fraction of sp³-hybridized carbons (Fsp3) is 0.0833. The van der Waals surface area contributed by atoms with Crippen LogP contribution < -0.4 is 9.47 Å². The lowest BCUT2D eigenvalue weighted by Gasteiger charge is -2.11. The first-order valence-electron chi connectivity index (χ1n) is 9.60. The van der Waals surface area contributed by atoms with Crippen molar-refractivity contribution in [1.82, 2.24) is 15.0 Å². The predicted octanol–water partition coefficient (Wildman–Crippen LogP) is 6.43. The van der Waals surface area contributed by atoms with E-state index in [1.165, 1.54) is 0 Å². The molecular weight excluding hydrogens is 430 g/mol. The fourth-order valence-electron chi connectivity index (χ4n) is 3.49. The van der Waals surface area contributed by atoms with Crippen molar-refractivity contribution < 1.29 is 9.47 Å². The van der Waals surface area contributed by atoms with Crippen molar-refractivity contribution in [3.8, 4) is 11.5 Å². The zero-order chi connectivity index (χ0) is 21.4. The van der Waals surface area contributed by atoms with E-state index < -0.39 is 0 Å². The van der Waals surface area contributed by atoms with Crippen LogP contribution in [0.4, 0.5) is 0 Å². The van der Waals surface area contributed by atoms with Gasteiger partial charge in [-0.3, -0.25) is 0 Å². The first-order valence-corrected chi connectivity index (χ1v) is 10.8. The number of aromatic amines is 1. The number of benzene rings is 3. The number of ether oxygens (including phenoxy) is 2. The first-order chi connectivity index (χ1) is 15.2. The molecule has 0 saturated carbocycles. The maximum Gasteiger partial charge on any atom is 0.179 e. The average molecular weight is 448 g/mol. The Labute approximate surface area is 187 Å². The highest BCUT2D eigenvalue weighted by Crippen LogP contribution is 2.38. The van der Waals surface area contributed by atoms with Crippen LogP contribution in [0, 0.1) is 0 Å². The van der Waals surface area contributed by atoms with Gasteiger partial charge in [-0.1, -0.05) is 35.9 Å². The third-order valence-corrected chi connectivity index (χ3v) is 6.29. The summed E-state index contributed by atoms with van der Waals surface area (Å²) in [6, 6.07) is 19.8. The standard InChI is InChI=1S/C24H18ClN3O2S/c1-29-20-13-14(12-16(25)22(20)30-2)11-15(23-26-17-7-3-4-8-18(17)27-23)24-28-19-9-5-6-10-21(19)31-24/h3-13H,1-2H3,(H,26,27)/b15-11-. The van der Waals surface area contributed by atoms with E-state index in [2.05, 4.69) is 11.1 Å². The van der Waals surface area contributed by atoms with Gasteiger partial charge in [0.25, 0.3) is 0 Å². The molecule has 2 heterocycles. The molecule has 0 aliphatic heterocycles. The molecule has 0 atom stereocenters. The number of para-hydroxylation sites is 3. The molecule has 5 rings (SSSR count). The van der Waals surface area contributed by atoms with E-state index >= 15 is 0 Å². The van der Waals surface area contributed by atoms with E-state index in [0.717, 1.165) is 43.2 Å². The Kier molecular flexibility index (Phi) is 5.10. The number of aromatic nitrogens is 3. The summed E-state index contributed by atoms with van der Waals surface area (Å²) >= 11 is 8.07. The molecule has 5 aromatic rings. The van der Waals surface area contributed by atoms with Gasteiger partial charge in [-0.25, -0.2) is 9.97 Å². The molecule has 0 bridgehead atoms. The number of H-pyrrole nitrogens is 1. The molecule has 0 aliphatic rings. The second kappa shape index (κ2) is 8.06. The molecule has 2 aromatic heterocycles. The SMILES string of the molecule is COc1cc(/C=C(/c2nc3ccccc3[nH]2)c2nc3ccccc3s2)cc(Cl)c1OC. The van der Waals surface area contributed by atoms with Gasteiger partial charge in [0.1, 0.15) is 10.8 Å². The number of imidazole rings is 1. The van der Waals surface area contributed by atoms with Crippen LogP contribution >= 0.6 is 22.9 Å². The number of rotatable bonds is 5. The Balaban J connectivity index is 1.73. The minimum atomic E-state index is 0.473. The van der Waals surface area contributed by atoms with E-state index in [1.54, 1.807) is 25.6 Å². The monoisotopic (exact) mass is 447 g/mol. The van der Waals surface area contributed by atoms with Crippen LogP contribution in [0.3, 0.4) is 0 Å². The number of hydrogen-bond donors (Lipinski definition) is 1. The van der Waals surface area contributed by atoms with Crippen molar-refractivity contribution in [3.63, 3.8) is 0 Å². The molecule has 1 N–H and O–H groups in total. The molecule has 0 spiro atoms. The van der Waals surface area contributed by atoms with E-state index in [9.17, 15) is 0 Å². The largest absolute Gasteiger partial charge is 0.493 e. The molecule has 0 aliphatic carbocycles. The number of nitrogens with zero attached hydrogens (tertiary/aromatic N) is 2. The molecule has 0 saturated heterocycles. The molecule has 154 valence electrons. The number of hydrogen-bond acceptors (Lipinski definition) is 5. The lowest BCUT2D eigenvalue weighted by Crippen LogP contribution is -1.94. The van der Waals surface area contributed by atoms with Crippen molar-refractivity contribution in [3.05, 3.63) is 82.1 Å². The van der Waals surface area contributed by atoms with Gasteiger partial charge in [-0.15, -0.1) is 11.3 Å². The summed E-state index contributed by atoms with van der Waals surface area (Å²) in [5, 5.41) is 1.34. The van der Waals surface area contributed by atoms with Crippen LogP contribution in [0.2, 0.25) is 5.02 Å². The van der Waals surface area contributed by atoms with Gasteiger partial charge in [0, 0.05) is 0 Å². The summed E-state index contributed by atoms with van der Waals surface area (Å²) < 4.78 is 12.0. The zero-order valence-corrected chi connectivity index (χ0v) is 18.4. The molecule has 0 amide bonds. The summed E-state index contributed by atoms with van der Waals surface area (Å²) in [5.41, 5.74) is 4.55. The van der Waals surface area contributed by atoms with Gasteiger partial charge in [0.05, 0.1) is 46.1 Å². The van der Waals surface area contributed by atoms with Crippen LogP contribution in [-0.2, 0) is 0 Å². The Hall–Kier alpha value is -3.35. The second-order valence-corrected chi connectivity index (χ2v) is 8.32. The van der Waals surface area contributed by atoms with Gasteiger partial charge >= 0.3 is 0 Å². The van der Waals surface area contributed by atoms with Crippen molar-refractivity contribution >= 4 is 55.8 Å². The molecule has 0 unspecified atom stereocenters. The minimum Gasteiger partial charge on any atom is -0.493 e. The third-order valence-electron chi connectivity index (χ3n) is 4.94. The van der Waals surface area contributed by atoms with Crippen LogP contribution in [0.25, 0.3) is 32.9 Å². The number of halogens is 1. The lowest BCUT2D eigenvalue weighted by molar-refractivity contribution is 0.355. The van der Waals surface area contributed by atoms with Gasteiger partial charge in [-0.2, -0.15) is 0 Å². The van der Waals surface area contributed by atoms with E-state index in [-0.39, 0.29) is 0 Å². The van der Waals surface area contributed by atoms with Gasteiger partial charge in [0.2, 0.25) is 0 Å². The average Bonchev–Trinajstić information content (AvgIpc) is 3.41. The normalized spacial score (nSPS) is 11.9. The summed E-state index contributed by atoms with van der Waals surface area (Å²) in [7, 11) is 3.16. The van der Waals surface area contributed by atoms with Gasteiger partial charge in [0.15, 0.2) is 11.5 Å². The smallest absolute Gasteiger partial charge is 0.179 e. The summed E-state index contributed by atoms with van der Waals surface area (Å²) in [6.45, 7) is 0. The minimum absolute atomic E-state index is 0.473. The highest BCUT2D eigenvalue weighted by Gasteiger charge is 2.17. The number of nitrogens with one attached hydrogen (secondary N) is 1. The summed E-state index contributed by atoms with van der Waals surface area (Å²) in [4.78, 5) is 13.1. The van der Waals surface area contributed by atoms with Crippen molar-refractivity contribution in [1.29, 1.82) is 0 Å². The van der Waals surface area contributed by atoms with E-state index in [1.807, 2.05) is 60.7 Å². The quantitative estimate of drug-likeness (QED) is 0.337. The Morgan fingerprint density at radius 1 is 0.968 bits per heavy atom. The first kappa shape index (κ1) is 19.6. The molecule has 3 aromatic carbocycles. The summed E-state index contributed by atoms with van der Waals surface area (Å²) in [6.07, 6.45) is 2.02. The fourth-order valence-corrected chi connectivity index (χ4v) is 4.77. The molecule has 0 fully saturated rings. The highest BCUT2D eigenvalue weighted by molar-refractivity contribution is 7.19. The lowest BCUT2D eigenvalue weighted by atomic mass is 10.1. The van der Waals surface area contributed by atoms with E-state index in [0.29, 0.717) is 16.5 Å². The Morgan fingerprint density at radius 3 is 2.48 bits per heavy atom. The van der Waals surface area contributed by atoms with Crippen LogP contribution in [-0.4, -0.2) is 29.2 Å². The Morgan fingerprint density at radius 2 is 1.74 bits per heavy atom. The van der Waals surface area contributed by atoms with Crippen molar-refractivity contribution in [2.24, 2.45) is 0 Å². The van der Waals surface area contributed by atoms with E-state index in [4.69, 9.17) is 31.0 Å². The number of fused-ring (bicyclic) bond motifs is 2. The van der Waals surface area contributed by atoms with Crippen LogP contribution in [0.1, 0.15) is 16.4 Å². The molecule has 0 radical (unpaired) electrons. The number of methoxy groups -OCH3 is 2. The molecule has 5 nitrogen and oxygen atoms in total. The van der Waals surface area contributed by atoms with Crippen molar-refractivity contribution in [2.45, 2.75) is 0 Å². The molecule has 31 heavy (non-hydrogen) atoms. The topological polar surface area (TPSA) is 60.0 Å². The predicted molar refractivity (Wildman–Crippen MR) is 127 cm³/mol. The van der Waals surface area contributed by atoms with Gasteiger partial charge in [-0.05, 0) is 48.0 Å². The third kappa shape index (κ3) is 3.65.